The molecule has 0 unspecified atom stereocenters. The van der Waals surface area contributed by atoms with Crippen molar-refractivity contribution < 1.29 is 17.6 Å². The first-order valence-corrected chi connectivity index (χ1v) is 11.0. The Morgan fingerprint density at radius 2 is 1.75 bits per heavy atom. The Morgan fingerprint density at radius 1 is 1.07 bits per heavy atom. The van der Waals surface area contributed by atoms with Gasteiger partial charge < -0.3 is 5.32 Å². The summed E-state index contributed by atoms with van der Waals surface area (Å²) in [5.74, 6) is -1.39. The minimum absolute atomic E-state index is 0.0568. The molecular formula is C20H22ClFN2O3S. The molecule has 0 atom stereocenters. The lowest BCUT2D eigenvalue weighted by molar-refractivity contribution is 0.0950. The van der Waals surface area contributed by atoms with Crippen LogP contribution in [0.15, 0.2) is 47.4 Å². The summed E-state index contributed by atoms with van der Waals surface area (Å²) < 4.78 is 41.1. The molecule has 5 nitrogen and oxygen atoms in total. The van der Waals surface area contributed by atoms with Crippen LogP contribution in [0.4, 0.5) is 4.39 Å². The zero-order chi connectivity index (χ0) is 20.1. The molecule has 1 aliphatic rings. The van der Waals surface area contributed by atoms with Gasteiger partial charge in [-0.3, -0.25) is 4.79 Å². The molecule has 3 rings (SSSR count). The van der Waals surface area contributed by atoms with Gasteiger partial charge in [-0.1, -0.05) is 30.2 Å². The molecule has 0 aromatic heterocycles. The number of nitrogens with zero attached hydrogens (tertiary/aromatic N) is 1. The van der Waals surface area contributed by atoms with Crippen LogP contribution in [0.5, 0.6) is 0 Å². The predicted molar refractivity (Wildman–Crippen MR) is 106 cm³/mol. The number of nitrogens with one attached hydrogen (secondary N) is 1. The van der Waals surface area contributed by atoms with Crippen molar-refractivity contribution in [1.29, 1.82) is 0 Å². The molecule has 0 radical (unpaired) electrons. The summed E-state index contributed by atoms with van der Waals surface area (Å²) in [6.07, 6.45) is 3.16. The standard InChI is InChI=1S/C20H22ClFN2O3S/c21-16-6-4-15(5-7-16)10-11-23-20(25)18-14-17(8-9-19(18)22)28(26,27)24-12-2-1-3-13-24/h4-9,14H,1-3,10-13H2,(H,23,25). The van der Waals surface area contributed by atoms with E-state index in [4.69, 9.17) is 11.6 Å². The number of carbonyl (C=O) groups is 1. The minimum atomic E-state index is -3.73. The van der Waals surface area contributed by atoms with E-state index in [-0.39, 0.29) is 10.5 Å². The number of carbonyl (C=O) groups excluding carboxylic acids is 1. The molecule has 0 aliphatic carbocycles. The van der Waals surface area contributed by atoms with E-state index in [9.17, 15) is 17.6 Å². The molecule has 1 N–H and O–H groups in total. The number of hydrogen-bond acceptors (Lipinski definition) is 3. The average Bonchev–Trinajstić information content (AvgIpc) is 2.70. The molecule has 0 spiro atoms. The van der Waals surface area contributed by atoms with Gasteiger partial charge in [0.15, 0.2) is 0 Å². The SMILES string of the molecule is O=C(NCCc1ccc(Cl)cc1)c1cc(S(=O)(=O)N2CCCCC2)ccc1F. The maximum absolute atomic E-state index is 14.2. The van der Waals surface area contributed by atoms with E-state index >= 15 is 0 Å². The Labute approximate surface area is 169 Å². The van der Waals surface area contributed by atoms with E-state index < -0.39 is 21.7 Å². The first kappa shape index (κ1) is 20.8. The molecule has 2 aromatic carbocycles. The van der Waals surface area contributed by atoms with E-state index in [1.165, 1.54) is 10.4 Å². The van der Waals surface area contributed by atoms with Crippen molar-refractivity contribution in [2.24, 2.45) is 0 Å². The van der Waals surface area contributed by atoms with E-state index in [0.29, 0.717) is 31.1 Å². The molecular weight excluding hydrogens is 403 g/mol. The van der Waals surface area contributed by atoms with Crippen molar-refractivity contribution >= 4 is 27.5 Å². The van der Waals surface area contributed by atoms with E-state index in [1.807, 2.05) is 12.1 Å². The van der Waals surface area contributed by atoms with Crippen LogP contribution in [-0.2, 0) is 16.4 Å². The Balaban J connectivity index is 1.69. The molecule has 8 heteroatoms. The van der Waals surface area contributed by atoms with E-state index in [0.717, 1.165) is 37.0 Å². The van der Waals surface area contributed by atoms with Crippen LogP contribution in [0.1, 0.15) is 35.2 Å². The Kier molecular flexibility index (Phi) is 6.69. The minimum Gasteiger partial charge on any atom is -0.352 e. The summed E-state index contributed by atoms with van der Waals surface area (Å²) in [7, 11) is -3.73. The third kappa shape index (κ3) is 4.90. The molecule has 1 aliphatic heterocycles. The highest BCUT2D eigenvalue weighted by atomic mass is 35.5. The molecule has 150 valence electrons. The first-order valence-electron chi connectivity index (χ1n) is 9.20. The summed E-state index contributed by atoms with van der Waals surface area (Å²) in [5.41, 5.74) is 0.709. The van der Waals surface area contributed by atoms with Gasteiger partial charge in [0, 0.05) is 24.7 Å². The second kappa shape index (κ2) is 9.03. The van der Waals surface area contributed by atoms with Gasteiger partial charge >= 0.3 is 0 Å². The van der Waals surface area contributed by atoms with Gasteiger partial charge in [0.2, 0.25) is 10.0 Å². The third-order valence-electron chi connectivity index (χ3n) is 4.75. The molecule has 2 aromatic rings. The fraction of sp³-hybridized carbons (Fsp3) is 0.350. The summed E-state index contributed by atoms with van der Waals surface area (Å²) in [5, 5.41) is 3.27. The van der Waals surface area contributed by atoms with Gasteiger partial charge in [-0.05, 0) is 55.2 Å². The Bertz CT molecular complexity index is 942. The van der Waals surface area contributed by atoms with Gasteiger partial charge in [-0.2, -0.15) is 4.31 Å². The number of sulfonamides is 1. The van der Waals surface area contributed by atoms with Crippen molar-refractivity contribution in [3.63, 3.8) is 0 Å². The zero-order valence-electron chi connectivity index (χ0n) is 15.3. The molecule has 1 fully saturated rings. The maximum Gasteiger partial charge on any atom is 0.254 e. The number of hydrogen-bond donors (Lipinski definition) is 1. The van der Waals surface area contributed by atoms with E-state index in [1.54, 1.807) is 12.1 Å². The van der Waals surface area contributed by atoms with Crippen LogP contribution in [-0.4, -0.2) is 38.3 Å². The topological polar surface area (TPSA) is 66.5 Å². The molecule has 1 saturated heterocycles. The summed E-state index contributed by atoms with van der Waals surface area (Å²) in [6.45, 7) is 1.19. The van der Waals surface area contributed by atoms with Crippen LogP contribution in [0, 0.1) is 5.82 Å². The van der Waals surface area contributed by atoms with Gasteiger partial charge in [0.05, 0.1) is 10.5 Å². The van der Waals surface area contributed by atoms with Gasteiger partial charge in [0.1, 0.15) is 5.82 Å². The van der Waals surface area contributed by atoms with Crippen LogP contribution in [0.25, 0.3) is 0 Å². The summed E-state index contributed by atoms with van der Waals surface area (Å²) >= 11 is 5.84. The smallest absolute Gasteiger partial charge is 0.254 e. The van der Waals surface area contributed by atoms with Crippen molar-refractivity contribution in [3.05, 3.63) is 64.4 Å². The highest BCUT2D eigenvalue weighted by molar-refractivity contribution is 7.89. The fourth-order valence-electron chi connectivity index (χ4n) is 3.16. The zero-order valence-corrected chi connectivity index (χ0v) is 16.9. The van der Waals surface area contributed by atoms with Crippen LogP contribution >= 0.6 is 11.6 Å². The molecule has 1 amide bonds. The van der Waals surface area contributed by atoms with Crippen molar-refractivity contribution in [1.82, 2.24) is 9.62 Å². The lowest BCUT2D eigenvalue weighted by Gasteiger charge is -2.26. The lowest BCUT2D eigenvalue weighted by atomic mass is 10.1. The highest BCUT2D eigenvalue weighted by Gasteiger charge is 2.27. The number of benzene rings is 2. The molecule has 0 saturated carbocycles. The normalized spacial score (nSPS) is 15.4. The maximum atomic E-state index is 14.2. The number of amides is 1. The molecule has 0 bridgehead atoms. The van der Waals surface area contributed by atoms with Crippen LogP contribution in [0.2, 0.25) is 5.02 Å². The lowest BCUT2D eigenvalue weighted by Crippen LogP contribution is -2.35. The summed E-state index contributed by atoms with van der Waals surface area (Å²) in [6, 6.07) is 10.6. The van der Waals surface area contributed by atoms with Gasteiger partial charge in [-0.25, -0.2) is 12.8 Å². The average molecular weight is 425 g/mol. The first-order chi connectivity index (χ1) is 13.4. The van der Waals surface area contributed by atoms with Crippen LogP contribution < -0.4 is 5.32 Å². The molecule has 1 heterocycles. The Morgan fingerprint density at radius 3 is 2.43 bits per heavy atom. The second-order valence-corrected chi connectivity index (χ2v) is 9.11. The highest BCUT2D eigenvalue weighted by Crippen LogP contribution is 2.22. The quantitative estimate of drug-likeness (QED) is 0.770. The van der Waals surface area contributed by atoms with Gasteiger partial charge in [-0.15, -0.1) is 0 Å². The number of rotatable bonds is 6. The monoisotopic (exact) mass is 424 g/mol. The van der Waals surface area contributed by atoms with E-state index in [2.05, 4.69) is 5.32 Å². The van der Waals surface area contributed by atoms with Crippen molar-refractivity contribution in [2.45, 2.75) is 30.6 Å². The fourth-order valence-corrected chi connectivity index (χ4v) is 4.83. The molecule has 28 heavy (non-hydrogen) atoms. The van der Waals surface area contributed by atoms with Gasteiger partial charge in [0.25, 0.3) is 5.91 Å². The Hall–Kier alpha value is -1.96. The van der Waals surface area contributed by atoms with Crippen molar-refractivity contribution in [3.8, 4) is 0 Å². The second-order valence-electron chi connectivity index (χ2n) is 6.74. The largest absolute Gasteiger partial charge is 0.352 e. The number of piperidine rings is 1. The third-order valence-corrected chi connectivity index (χ3v) is 6.89. The van der Waals surface area contributed by atoms with Crippen LogP contribution in [0.3, 0.4) is 0 Å². The predicted octanol–water partition coefficient (Wildman–Crippen LogP) is 3.63. The van der Waals surface area contributed by atoms with Crippen molar-refractivity contribution in [2.75, 3.05) is 19.6 Å². The number of halogens is 2. The summed E-state index contributed by atoms with van der Waals surface area (Å²) in [4.78, 5) is 12.3.